The van der Waals surface area contributed by atoms with E-state index in [1.807, 2.05) is 30.3 Å². The van der Waals surface area contributed by atoms with E-state index in [1.54, 1.807) is 25.3 Å². The molecule has 0 aliphatic rings. The summed E-state index contributed by atoms with van der Waals surface area (Å²) in [4.78, 5) is 11.9. The standard InChI is InChI=1S/C17H19ClN2O3/c1-22-11-5-10-19-17(21)20-15-12-13(18)8-9-16(15)23-14-6-3-2-4-7-14/h2-4,6-9,12H,5,10-11H2,1H3,(H2,19,20,21). The Hall–Kier alpha value is -2.24. The molecule has 2 rings (SSSR count). The number of para-hydroxylation sites is 1. The molecule has 0 fully saturated rings. The van der Waals surface area contributed by atoms with Crippen LogP contribution in [-0.2, 0) is 4.74 Å². The quantitative estimate of drug-likeness (QED) is 0.742. The van der Waals surface area contributed by atoms with Crippen LogP contribution in [-0.4, -0.2) is 26.3 Å². The molecule has 5 nitrogen and oxygen atoms in total. The van der Waals surface area contributed by atoms with Gasteiger partial charge in [-0.15, -0.1) is 0 Å². The van der Waals surface area contributed by atoms with Gasteiger partial charge in [0.25, 0.3) is 0 Å². The minimum Gasteiger partial charge on any atom is -0.455 e. The summed E-state index contributed by atoms with van der Waals surface area (Å²) in [7, 11) is 1.62. The van der Waals surface area contributed by atoms with Gasteiger partial charge in [-0.05, 0) is 36.8 Å². The number of carbonyl (C=O) groups excluding carboxylic acids is 1. The van der Waals surface area contributed by atoms with Gasteiger partial charge in [-0.1, -0.05) is 29.8 Å². The number of hydrogen-bond acceptors (Lipinski definition) is 3. The number of benzene rings is 2. The maximum Gasteiger partial charge on any atom is 0.319 e. The molecule has 2 aromatic carbocycles. The van der Waals surface area contributed by atoms with Crippen LogP contribution in [0.2, 0.25) is 5.02 Å². The van der Waals surface area contributed by atoms with Crippen molar-refractivity contribution in [1.29, 1.82) is 0 Å². The second-order valence-corrected chi connectivity index (χ2v) is 5.22. The summed E-state index contributed by atoms with van der Waals surface area (Å²) in [6.45, 7) is 1.12. The molecule has 6 heteroatoms. The fourth-order valence-electron chi connectivity index (χ4n) is 1.89. The Bertz CT molecular complexity index is 635. The molecule has 0 atom stereocenters. The van der Waals surface area contributed by atoms with Crippen molar-refractivity contribution in [3.63, 3.8) is 0 Å². The van der Waals surface area contributed by atoms with Crippen LogP contribution in [0.5, 0.6) is 11.5 Å². The molecular formula is C17H19ClN2O3. The van der Waals surface area contributed by atoms with Gasteiger partial charge in [-0.3, -0.25) is 0 Å². The minimum absolute atomic E-state index is 0.318. The van der Waals surface area contributed by atoms with E-state index in [0.717, 1.165) is 6.42 Å². The zero-order valence-corrected chi connectivity index (χ0v) is 13.6. The highest BCUT2D eigenvalue weighted by molar-refractivity contribution is 6.31. The first-order valence-electron chi connectivity index (χ1n) is 7.25. The third-order valence-electron chi connectivity index (χ3n) is 2.97. The van der Waals surface area contributed by atoms with Crippen molar-refractivity contribution < 1.29 is 14.3 Å². The normalized spacial score (nSPS) is 10.2. The smallest absolute Gasteiger partial charge is 0.319 e. The van der Waals surface area contributed by atoms with Crippen molar-refractivity contribution in [3.05, 3.63) is 53.6 Å². The number of halogens is 1. The Morgan fingerprint density at radius 2 is 1.96 bits per heavy atom. The van der Waals surface area contributed by atoms with Crippen molar-refractivity contribution in [1.82, 2.24) is 5.32 Å². The lowest BCUT2D eigenvalue weighted by Gasteiger charge is -2.13. The number of amides is 2. The third kappa shape index (κ3) is 5.81. The maximum atomic E-state index is 11.9. The second-order valence-electron chi connectivity index (χ2n) is 4.78. The largest absolute Gasteiger partial charge is 0.455 e. The molecule has 0 saturated carbocycles. The summed E-state index contributed by atoms with van der Waals surface area (Å²) in [5.74, 6) is 1.20. The van der Waals surface area contributed by atoms with E-state index < -0.39 is 0 Å². The summed E-state index contributed by atoms with van der Waals surface area (Å²) < 4.78 is 10.7. The van der Waals surface area contributed by atoms with Crippen molar-refractivity contribution in [2.45, 2.75) is 6.42 Å². The first kappa shape index (κ1) is 17.1. The Labute approximate surface area is 140 Å². The lowest BCUT2D eigenvalue weighted by molar-refractivity contribution is 0.194. The van der Waals surface area contributed by atoms with Gasteiger partial charge in [0.1, 0.15) is 5.75 Å². The lowest BCUT2D eigenvalue weighted by Crippen LogP contribution is -2.30. The second kappa shape index (κ2) is 9.02. The predicted molar refractivity (Wildman–Crippen MR) is 91.5 cm³/mol. The number of ether oxygens (including phenoxy) is 2. The minimum atomic E-state index is -0.318. The Morgan fingerprint density at radius 3 is 2.70 bits per heavy atom. The lowest BCUT2D eigenvalue weighted by atomic mass is 10.3. The molecule has 0 aliphatic heterocycles. The molecule has 0 saturated heterocycles. The number of nitrogens with one attached hydrogen (secondary N) is 2. The molecule has 0 spiro atoms. The summed E-state index contributed by atoms with van der Waals surface area (Å²) in [6, 6.07) is 14.1. The van der Waals surface area contributed by atoms with Crippen LogP contribution in [0, 0.1) is 0 Å². The Morgan fingerprint density at radius 1 is 1.17 bits per heavy atom. The van der Waals surface area contributed by atoms with E-state index >= 15 is 0 Å². The molecule has 2 amide bonds. The van der Waals surface area contributed by atoms with E-state index in [1.165, 1.54) is 0 Å². The van der Waals surface area contributed by atoms with Crippen LogP contribution >= 0.6 is 11.6 Å². The van der Waals surface area contributed by atoms with Gasteiger partial charge in [-0.2, -0.15) is 0 Å². The molecule has 0 radical (unpaired) electrons. The van der Waals surface area contributed by atoms with E-state index in [9.17, 15) is 4.79 Å². The van der Waals surface area contributed by atoms with Crippen molar-refractivity contribution in [3.8, 4) is 11.5 Å². The zero-order chi connectivity index (χ0) is 16.5. The van der Waals surface area contributed by atoms with Gasteiger partial charge >= 0.3 is 6.03 Å². The van der Waals surface area contributed by atoms with Crippen LogP contribution in [0.1, 0.15) is 6.42 Å². The number of hydrogen-bond donors (Lipinski definition) is 2. The molecule has 23 heavy (non-hydrogen) atoms. The summed E-state index contributed by atoms with van der Waals surface area (Å²) in [5, 5.41) is 6.01. The van der Waals surface area contributed by atoms with Crippen molar-refractivity contribution in [2.24, 2.45) is 0 Å². The Balaban J connectivity index is 2.02. The van der Waals surface area contributed by atoms with Crippen molar-refractivity contribution in [2.75, 3.05) is 25.6 Å². The molecule has 0 aliphatic carbocycles. The highest BCUT2D eigenvalue weighted by Gasteiger charge is 2.09. The van der Waals surface area contributed by atoms with E-state index in [2.05, 4.69) is 10.6 Å². The average Bonchev–Trinajstić information content (AvgIpc) is 2.55. The Kier molecular flexibility index (Phi) is 6.72. The van der Waals surface area contributed by atoms with Crippen LogP contribution in [0.25, 0.3) is 0 Å². The monoisotopic (exact) mass is 334 g/mol. The van der Waals surface area contributed by atoms with Crippen LogP contribution < -0.4 is 15.4 Å². The van der Waals surface area contributed by atoms with Gasteiger partial charge in [0.05, 0.1) is 5.69 Å². The summed E-state index contributed by atoms with van der Waals surface area (Å²) >= 11 is 6.01. The summed E-state index contributed by atoms with van der Waals surface area (Å²) in [5.41, 5.74) is 0.505. The van der Waals surface area contributed by atoms with Crippen LogP contribution in [0.3, 0.4) is 0 Å². The molecule has 122 valence electrons. The third-order valence-corrected chi connectivity index (χ3v) is 3.21. The van der Waals surface area contributed by atoms with E-state index in [-0.39, 0.29) is 6.03 Å². The molecule has 2 aromatic rings. The van der Waals surface area contributed by atoms with E-state index in [4.69, 9.17) is 21.1 Å². The maximum absolute atomic E-state index is 11.9. The van der Waals surface area contributed by atoms with Gasteiger partial charge in [0.15, 0.2) is 5.75 Å². The first-order chi connectivity index (χ1) is 11.2. The average molecular weight is 335 g/mol. The van der Waals surface area contributed by atoms with Crippen molar-refractivity contribution >= 4 is 23.3 Å². The summed E-state index contributed by atoms with van der Waals surface area (Å²) in [6.07, 6.45) is 0.743. The fraction of sp³-hybridized carbons (Fsp3) is 0.235. The number of urea groups is 1. The molecule has 0 aromatic heterocycles. The molecular weight excluding hydrogens is 316 g/mol. The van der Waals surface area contributed by atoms with Gasteiger partial charge in [-0.25, -0.2) is 4.79 Å². The number of anilines is 1. The zero-order valence-electron chi connectivity index (χ0n) is 12.8. The van der Waals surface area contributed by atoms with Crippen LogP contribution in [0.4, 0.5) is 10.5 Å². The molecule has 0 bridgehead atoms. The van der Waals surface area contributed by atoms with Gasteiger partial charge in [0, 0.05) is 25.3 Å². The highest BCUT2D eigenvalue weighted by Crippen LogP contribution is 2.31. The first-order valence-corrected chi connectivity index (χ1v) is 7.63. The number of carbonyl (C=O) groups is 1. The van der Waals surface area contributed by atoms with Gasteiger partial charge in [0.2, 0.25) is 0 Å². The van der Waals surface area contributed by atoms with E-state index in [0.29, 0.717) is 35.4 Å². The molecule has 2 N–H and O–H groups in total. The number of methoxy groups -OCH3 is 1. The molecule has 0 heterocycles. The topological polar surface area (TPSA) is 59.6 Å². The highest BCUT2D eigenvalue weighted by atomic mass is 35.5. The molecule has 0 unspecified atom stereocenters. The number of rotatable bonds is 7. The predicted octanol–water partition coefficient (Wildman–Crippen LogP) is 4.29. The van der Waals surface area contributed by atoms with Crippen LogP contribution in [0.15, 0.2) is 48.5 Å². The SMILES string of the molecule is COCCCNC(=O)Nc1cc(Cl)ccc1Oc1ccccc1. The fourth-order valence-corrected chi connectivity index (χ4v) is 2.06. The van der Waals surface area contributed by atoms with Gasteiger partial charge < -0.3 is 20.1 Å².